The number of thiocarbonyl (C=S) groups is 1. The zero-order chi connectivity index (χ0) is 20.8. The fourth-order valence-corrected chi connectivity index (χ4v) is 4.33. The van der Waals surface area contributed by atoms with E-state index in [1.807, 2.05) is 0 Å². The summed E-state index contributed by atoms with van der Waals surface area (Å²) >= 11 is 6.36. The molecule has 0 aromatic heterocycles. The second kappa shape index (κ2) is 7.12. The van der Waals surface area contributed by atoms with Crippen LogP contribution >= 0.6 is 24.0 Å². The highest BCUT2D eigenvalue weighted by molar-refractivity contribution is 8.26. The molecule has 0 unspecified atom stereocenters. The normalized spacial score (nSPS) is 20.2. The topological polar surface area (TPSA) is 82.1 Å². The predicted molar refractivity (Wildman–Crippen MR) is 112 cm³/mol. The van der Waals surface area contributed by atoms with Crippen molar-refractivity contribution in [3.8, 4) is 17.2 Å². The molecule has 1 saturated heterocycles. The molecule has 0 aliphatic carbocycles. The van der Waals surface area contributed by atoms with Gasteiger partial charge < -0.3 is 14.2 Å². The van der Waals surface area contributed by atoms with Crippen LogP contribution in [0.4, 0.5) is 0 Å². The number of benzene rings is 2. The lowest BCUT2D eigenvalue weighted by atomic mass is 10.0. The quantitative estimate of drug-likeness (QED) is 0.233. The molecule has 30 heavy (non-hydrogen) atoms. The van der Waals surface area contributed by atoms with Crippen LogP contribution in [0.3, 0.4) is 0 Å². The third kappa shape index (κ3) is 3.08. The van der Waals surface area contributed by atoms with Crippen molar-refractivity contribution in [3.05, 3.63) is 70.3 Å². The zero-order valence-electron chi connectivity index (χ0n) is 15.1. The Morgan fingerprint density at radius 2 is 1.80 bits per heavy atom. The Bertz CT molecular complexity index is 1220. The Kier molecular flexibility index (Phi) is 4.41. The SMILES string of the molecule is O=C1Oc2ccccc2C(=O)/C1=C\N1C(=O)/C(=C\c2ccc3c(c2)OCO3)SC1=S. The fourth-order valence-electron chi connectivity index (χ4n) is 3.12. The average molecular weight is 437 g/mol. The molecule has 0 atom stereocenters. The lowest BCUT2D eigenvalue weighted by Crippen LogP contribution is -2.30. The maximum Gasteiger partial charge on any atom is 0.349 e. The average Bonchev–Trinajstić information content (AvgIpc) is 3.30. The summed E-state index contributed by atoms with van der Waals surface area (Å²) in [5.41, 5.74) is 0.730. The molecule has 1 fully saturated rings. The first-order valence-electron chi connectivity index (χ1n) is 8.76. The van der Waals surface area contributed by atoms with Gasteiger partial charge in [0.15, 0.2) is 15.8 Å². The maximum absolute atomic E-state index is 12.9. The fraction of sp³-hybridized carbons (Fsp3) is 0.0476. The molecule has 1 amide bonds. The Morgan fingerprint density at radius 3 is 2.67 bits per heavy atom. The van der Waals surface area contributed by atoms with E-state index in [1.165, 1.54) is 6.07 Å². The number of hydrogen-bond acceptors (Lipinski definition) is 8. The molecule has 0 bridgehead atoms. The molecule has 2 aromatic carbocycles. The number of carbonyl (C=O) groups is 3. The van der Waals surface area contributed by atoms with E-state index in [2.05, 4.69) is 0 Å². The van der Waals surface area contributed by atoms with Crippen LogP contribution in [0.5, 0.6) is 17.2 Å². The van der Waals surface area contributed by atoms with E-state index in [0.29, 0.717) is 16.4 Å². The van der Waals surface area contributed by atoms with Crippen LogP contribution in [-0.4, -0.2) is 33.7 Å². The van der Waals surface area contributed by atoms with E-state index in [1.54, 1.807) is 42.5 Å². The minimum absolute atomic E-state index is 0.154. The van der Waals surface area contributed by atoms with E-state index in [4.69, 9.17) is 26.4 Å². The van der Waals surface area contributed by atoms with Crippen LogP contribution < -0.4 is 14.2 Å². The smallest absolute Gasteiger partial charge is 0.349 e. The number of ketones is 1. The molecular formula is C21H11NO6S2. The second-order valence-corrected chi connectivity index (χ2v) is 8.10. The first-order valence-corrected chi connectivity index (χ1v) is 9.98. The molecule has 0 spiro atoms. The standard InChI is InChI=1S/C21H11NO6S2/c23-18-12-3-1-2-4-14(12)28-20(25)13(18)9-22-19(24)17(30-21(22)29)8-11-5-6-15-16(7-11)27-10-26-15/h1-9H,10H2/b13-9+,17-8+. The zero-order valence-corrected chi connectivity index (χ0v) is 16.7. The molecule has 7 nitrogen and oxygen atoms in total. The van der Waals surface area contributed by atoms with Crippen LogP contribution in [0.2, 0.25) is 0 Å². The van der Waals surface area contributed by atoms with Gasteiger partial charge in [0.2, 0.25) is 12.6 Å². The number of rotatable bonds is 2. The maximum atomic E-state index is 12.9. The summed E-state index contributed by atoms with van der Waals surface area (Å²) in [5.74, 6) is -0.356. The first-order chi connectivity index (χ1) is 14.5. The summed E-state index contributed by atoms with van der Waals surface area (Å²) in [5, 5.41) is 0. The Labute approximate surface area is 179 Å². The number of nitrogens with zero attached hydrogens (tertiary/aromatic N) is 1. The predicted octanol–water partition coefficient (Wildman–Crippen LogP) is 3.30. The van der Waals surface area contributed by atoms with Gasteiger partial charge in [-0.3, -0.25) is 14.5 Å². The molecule has 5 rings (SSSR count). The summed E-state index contributed by atoms with van der Waals surface area (Å²) in [6.07, 6.45) is 2.81. The van der Waals surface area contributed by atoms with Gasteiger partial charge in [-0.2, -0.15) is 0 Å². The summed E-state index contributed by atoms with van der Waals surface area (Å²) in [6.45, 7) is 0.154. The van der Waals surface area contributed by atoms with E-state index >= 15 is 0 Å². The van der Waals surface area contributed by atoms with E-state index in [-0.39, 0.29) is 28.0 Å². The minimum atomic E-state index is -0.826. The van der Waals surface area contributed by atoms with Crippen LogP contribution in [0.25, 0.3) is 6.08 Å². The third-order valence-electron chi connectivity index (χ3n) is 4.58. The van der Waals surface area contributed by atoms with Gasteiger partial charge in [0.25, 0.3) is 5.91 Å². The van der Waals surface area contributed by atoms with Gasteiger partial charge in [-0.15, -0.1) is 0 Å². The van der Waals surface area contributed by atoms with Crippen molar-refractivity contribution in [1.29, 1.82) is 0 Å². The van der Waals surface area contributed by atoms with Gasteiger partial charge in [-0.25, -0.2) is 4.79 Å². The number of para-hydroxylation sites is 1. The van der Waals surface area contributed by atoms with Gasteiger partial charge in [-0.05, 0) is 35.9 Å². The molecule has 9 heteroatoms. The van der Waals surface area contributed by atoms with Crippen molar-refractivity contribution in [2.75, 3.05) is 6.79 Å². The molecule has 3 aliphatic heterocycles. The second-order valence-electron chi connectivity index (χ2n) is 6.42. The van der Waals surface area contributed by atoms with Gasteiger partial charge in [0.05, 0.1) is 10.5 Å². The number of esters is 1. The number of hydrogen-bond donors (Lipinski definition) is 0. The molecule has 3 heterocycles. The Morgan fingerprint density at radius 1 is 1.00 bits per heavy atom. The van der Waals surface area contributed by atoms with Crippen LogP contribution in [0.1, 0.15) is 15.9 Å². The van der Waals surface area contributed by atoms with Crippen LogP contribution in [0, 0.1) is 0 Å². The number of ether oxygens (including phenoxy) is 3. The van der Waals surface area contributed by atoms with Crippen molar-refractivity contribution in [2.24, 2.45) is 0 Å². The number of carbonyl (C=O) groups excluding carboxylic acids is 3. The number of amides is 1. The van der Waals surface area contributed by atoms with Crippen molar-refractivity contribution < 1.29 is 28.6 Å². The first kappa shape index (κ1) is 18.6. The molecule has 148 valence electrons. The largest absolute Gasteiger partial charge is 0.454 e. The van der Waals surface area contributed by atoms with Crippen LogP contribution in [-0.2, 0) is 9.59 Å². The molecule has 0 radical (unpaired) electrons. The number of Topliss-reactive ketones (excluding diaryl/α,β-unsaturated/α-hetero) is 1. The Balaban J connectivity index is 1.45. The molecule has 0 N–H and O–H groups in total. The van der Waals surface area contributed by atoms with Gasteiger partial charge in [0.1, 0.15) is 11.3 Å². The highest BCUT2D eigenvalue weighted by Gasteiger charge is 2.36. The van der Waals surface area contributed by atoms with Gasteiger partial charge >= 0.3 is 5.97 Å². The van der Waals surface area contributed by atoms with E-state index in [0.717, 1.165) is 28.4 Å². The van der Waals surface area contributed by atoms with Crippen molar-refractivity contribution in [3.63, 3.8) is 0 Å². The molecule has 2 aromatic rings. The summed E-state index contributed by atoms with van der Waals surface area (Å²) in [6, 6.07) is 11.7. The number of thioether (sulfide) groups is 1. The lowest BCUT2D eigenvalue weighted by Gasteiger charge is -2.18. The third-order valence-corrected chi connectivity index (χ3v) is 5.91. The van der Waals surface area contributed by atoms with Crippen molar-refractivity contribution >= 4 is 52.0 Å². The molecule has 0 saturated carbocycles. The lowest BCUT2D eigenvalue weighted by molar-refractivity contribution is -0.130. The highest BCUT2D eigenvalue weighted by atomic mass is 32.2. The van der Waals surface area contributed by atoms with E-state index < -0.39 is 17.7 Å². The highest BCUT2D eigenvalue weighted by Crippen LogP contribution is 2.37. The van der Waals surface area contributed by atoms with Crippen molar-refractivity contribution in [2.45, 2.75) is 0 Å². The summed E-state index contributed by atoms with van der Waals surface area (Å²) in [4.78, 5) is 39.4. The number of fused-ring (bicyclic) bond motifs is 2. The Hall–Kier alpha value is -3.43. The summed E-state index contributed by atoms with van der Waals surface area (Å²) < 4.78 is 16.0. The van der Waals surface area contributed by atoms with Crippen LogP contribution in [0.15, 0.2) is 59.1 Å². The van der Waals surface area contributed by atoms with Gasteiger partial charge in [0, 0.05) is 6.20 Å². The van der Waals surface area contributed by atoms with Crippen molar-refractivity contribution in [1.82, 2.24) is 4.90 Å². The monoisotopic (exact) mass is 437 g/mol. The minimum Gasteiger partial charge on any atom is -0.454 e. The van der Waals surface area contributed by atoms with Gasteiger partial charge in [-0.1, -0.05) is 42.2 Å². The molecular weight excluding hydrogens is 426 g/mol. The van der Waals surface area contributed by atoms with E-state index in [9.17, 15) is 14.4 Å². The molecule has 3 aliphatic rings. The summed E-state index contributed by atoms with van der Waals surface area (Å²) in [7, 11) is 0.